The van der Waals surface area contributed by atoms with Crippen molar-refractivity contribution in [2.75, 3.05) is 0 Å². The number of carbonyl (C=O) groups is 1. The van der Waals surface area contributed by atoms with Crippen molar-refractivity contribution in [3.05, 3.63) is 12.7 Å². The second kappa shape index (κ2) is 10.3. The molecule has 0 saturated heterocycles. The van der Waals surface area contributed by atoms with Gasteiger partial charge in [0, 0.05) is 40.9 Å². The third-order valence-corrected chi connectivity index (χ3v) is 0.460. The first-order chi connectivity index (χ1) is 2.27. The van der Waals surface area contributed by atoms with Crippen molar-refractivity contribution >= 4 is 4.49 Å². The molecule has 0 heterocycles. The Morgan fingerprint density at radius 2 is 1.86 bits per heavy atom. The van der Waals surface area contributed by atoms with Gasteiger partial charge in [-0.15, -0.1) is 0 Å². The molecule has 0 aliphatic carbocycles. The van der Waals surface area contributed by atoms with Crippen LogP contribution in [0.5, 0.6) is 0 Å². The molecule has 0 aromatic heterocycles. The number of hydrogen-bond donors (Lipinski definition) is 0. The predicted octanol–water partition coefficient (Wildman–Crippen LogP) is 0.241. The molecule has 0 aromatic rings. The van der Waals surface area contributed by atoms with Crippen molar-refractivity contribution in [1.29, 1.82) is 0 Å². The average molecular weight is 250 g/mol. The van der Waals surface area contributed by atoms with Crippen LogP contribution in [0.4, 0.5) is 0 Å². The van der Waals surface area contributed by atoms with Gasteiger partial charge in [0.2, 0.25) is 0 Å². The van der Waals surface area contributed by atoms with Crippen LogP contribution in [-0.4, -0.2) is 4.49 Å². The van der Waals surface area contributed by atoms with E-state index in [0.717, 1.165) is 0 Å². The van der Waals surface area contributed by atoms with Gasteiger partial charge in [-0.05, 0) is 0 Å². The second-order valence-electron chi connectivity index (χ2n) is 0.542. The molecule has 0 rings (SSSR count). The molecule has 0 spiro atoms. The van der Waals surface area contributed by atoms with Gasteiger partial charge in [-0.25, -0.2) is 0 Å². The van der Waals surface area contributed by atoms with Gasteiger partial charge in [0.15, 0.2) is 0 Å². The minimum absolute atomic E-state index is 0. The van der Waals surface area contributed by atoms with Crippen LogP contribution in [-0.2, 0) is 63.2 Å². The van der Waals surface area contributed by atoms with Gasteiger partial charge in [0.25, 0.3) is 0 Å². The SMILES string of the molecule is C=C[C](=O)[V].[Nb].[V]. The fraction of sp³-hybridized carbons (Fsp3) is 0. The molecule has 36 valence electrons. The third kappa shape index (κ3) is 18.8. The quantitative estimate of drug-likeness (QED) is 0.481. The molecular weight excluding hydrogens is 247 g/mol. The smallest absolute Gasteiger partial charge is 0 e. The Kier molecular flexibility index (Phi) is 23.2. The molecule has 0 atom stereocenters. The van der Waals surface area contributed by atoms with Gasteiger partial charge in [0.05, 0.1) is 0 Å². The van der Waals surface area contributed by atoms with Gasteiger partial charge >= 0.3 is 39.4 Å². The fourth-order valence-electron chi connectivity index (χ4n) is 0. The van der Waals surface area contributed by atoms with E-state index in [9.17, 15) is 4.79 Å². The maximum atomic E-state index is 9.67. The van der Waals surface area contributed by atoms with Crippen LogP contribution < -0.4 is 0 Å². The van der Waals surface area contributed by atoms with Crippen molar-refractivity contribution in [2.45, 2.75) is 0 Å². The second-order valence-corrected chi connectivity index (χ2v) is 1.23. The fourth-order valence-corrected chi connectivity index (χ4v) is 0. The molecule has 4 heteroatoms. The standard InChI is InChI=1S/C3H3O.Nb.2V/c1-2-3-4;;;/h2H,1H2;;;. The van der Waals surface area contributed by atoms with Gasteiger partial charge in [-0.1, -0.05) is 0 Å². The molecular formula is C3H3NbOV2. The number of hydrogen-bond acceptors (Lipinski definition) is 1. The van der Waals surface area contributed by atoms with E-state index in [1.165, 1.54) is 6.08 Å². The van der Waals surface area contributed by atoms with Gasteiger partial charge in [0.1, 0.15) is 0 Å². The Labute approximate surface area is 79.7 Å². The normalized spacial score (nSPS) is 4.57. The molecule has 0 unspecified atom stereocenters. The van der Waals surface area contributed by atoms with E-state index >= 15 is 0 Å². The average Bonchev–Trinajstić information content (AvgIpc) is 1.38. The van der Waals surface area contributed by atoms with E-state index in [2.05, 4.69) is 6.58 Å². The first-order valence-corrected chi connectivity index (χ1v) is 1.82. The maximum Gasteiger partial charge on any atom is 0 e. The summed E-state index contributed by atoms with van der Waals surface area (Å²) in [6.07, 6.45) is 1.25. The van der Waals surface area contributed by atoms with Crippen LogP contribution in [0.2, 0.25) is 0 Å². The molecule has 0 N–H and O–H groups in total. The molecule has 0 bridgehead atoms. The summed E-state index contributed by atoms with van der Waals surface area (Å²) in [5.41, 5.74) is 0. The number of rotatable bonds is 1. The van der Waals surface area contributed by atoms with Crippen molar-refractivity contribution in [1.82, 2.24) is 0 Å². The summed E-state index contributed by atoms with van der Waals surface area (Å²) in [5.74, 6) is 0. The van der Waals surface area contributed by atoms with Crippen LogP contribution in [0.25, 0.3) is 0 Å². The van der Waals surface area contributed by atoms with Crippen molar-refractivity contribution in [2.24, 2.45) is 0 Å². The van der Waals surface area contributed by atoms with Gasteiger partial charge in [-0.2, -0.15) is 0 Å². The molecule has 0 aliphatic heterocycles. The zero-order valence-electron chi connectivity index (χ0n) is 3.53. The maximum absolute atomic E-state index is 9.67. The van der Waals surface area contributed by atoms with Crippen LogP contribution in [0, 0.1) is 0 Å². The predicted molar refractivity (Wildman–Crippen MR) is 15.2 cm³/mol. The summed E-state index contributed by atoms with van der Waals surface area (Å²) in [6.45, 7) is 3.20. The van der Waals surface area contributed by atoms with Gasteiger partial charge in [-0.3, -0.25) is 0 Å². The summed E-state index contributed by atoms with van der Waals surface area (Å²) >= 11 is 1.85. The zero-order valence-corrected chi connectivity index (χ0v) is 8.53. The van der Waals surface area contributed by atoms with Crippen molar-refractivity contribution in [3.8, 4) is 0 Å². The topological polar surface area (TPSA) is 17.1 Å². The summed E-state index contributed by atoms with van der Waals surface area (Å²) in [7, 11) is 0. The zero-order chi connectivity index (χ0) is 4.28. The van der Waals surface area contributed by atoms with E-state index in [1.54, 1.807) is 0 Å². The largest absolute Gasteiger partial charge is 0 e. The molecule has 0 amide bonds. The summed E-state index contributed by atoms with van der Waals surface area (Å²) in [6, 6.07) is 0. The first kappa shape index (κ1) is 15.8. The Bertz CT molecular complexity index is 64.0. The van der Waals surface area contributed by atoms with Crippen LogP contribution in [0.3, 0.4) is 0 Å². The Morgan fingerprint density at radius 1 is 1.71 bits per heavy atom. The molecule has 0 aliphatic rings. The molecule has 0 fully saturated rings. The Morgan fingerprint density at radius 3 is 1.86 bits per heavy atom. The monoisotopic (exact) mass is 250 g/mol. The summed E-state index contributed by atoms with van der Waals surface area (Å²) < 4.78 is -0.0440. The van der Waals surface area contributed by atoms with E-state index < -0.39 is 0 Å². The molecule has 2 radical (unpaired) electrons. The summed E-state index contributed by atoms with van der Waals surface area (Å²) in [5, 5.41) is 0. The minimum atomic E-state index is -0.0440. The van der Waals surface area contributed by atoms with Crippen LogP contribution in [0.1, 0.15) is 0 Å². The van der Waals surface area contributed by atoms with E-state index in [4.69, 9.17) is 0 Å². The minimum Gasteiger partial charge on any atom is 0 e. The molecule has 1 nitrogen and oxygen atoms in total. The number of carbonyl (C=O) groups excluding carboxylic acids is 1. The molecule has 0 aromatic carbocycles. The van der Waals surface area contributed by atoms with Crippen LogP contribution >= 0.6 is 0 Å². The van der Waals surface area contributed by atoms with E-state index in [1.807, 2.05) is 17.4 Å². The number of allylic oxidation sites excluding steroid dienone is 1. The van der Waals surface area contributed by atoms with E-state index in [-0.39, 0.29) is 45.4 Å². The van der Waals surface area contributed by atoms with Crippen molar-refractivity contribution < 1.29 is 63.2 Å². The van der Waals surface area contributed by atoms with Crippen molar-refractivity contribution in [3.63, 3.8) is 0 Å². The first-order valence-electron chi connectivity index (χ1n) is 1.12. The van der Waals surface area contributed by atoms with Gasteiger partial charge < -0.3 is 0 Å². The third-order valence-electron chi connectivity index (χ3n) is 0.175. The Hall–Kier alpha value is 1.32. The molecule has 7 heavy (non-hydrogen) atoms. The van der Waals surface area contributed by atoms with Crippen LogP contribution in [0.15, 0.2) is 12.7 Å². The Balaban J connectivity index is -0.0000000800. The van der Waals surface area contributed by atoms with E-state index in [0.29, 0.717) is 0 Å². The molecule has 0 saturated carbocycles. The summed E-state index contributed by atoms with van der Waals surface area (Å²) in [4.78, 5) is 9.67.